The second-order valence-corrected chi connectivity index (χ2v) is 12.0. The Morgan fingerprint density at radius 1 is 0.591 bits per heavy atom. The molecule has 0 bridgehead atoms. The van der Waals surface area contributed by atoms with E-state index in [1.54, 1.807) is 12.4 Å². The summed E-state index contributed by atoms with van der Waals surface area (Å²) in [4.78, 5) is 32.5. The number of urea groups is 1. The lowest BCUT2D eigenvalue weighted by Gasteiger charge is -2.33. The summed E-state index contributed by atoms with van der Waals surface area (Å²) in [6.07, 6.45) is 3.57. The smallest absolute Gasteiger partial charge is 0.323 e. The topological polar surface area (TPSA) is 79.9 Å². The molecule has 2 aliphatic heterocycles. The standard InChI is InChI=1S/C35H42N8O/c1-25-9-5-7-11-27(25)29-21-33(42-17-13-40(3)14-18-42)36-23-31(29)38-35(44)39-32-24-37-34(43-19-15-41(4)16-20-43)22-30(32)28-12-8-6-10-26(28)2/h5-12,21-24H,13-20H2,1-4H3,(H2,38,39,44). The molecular weight excluding hydrogens is 548 g/mol. The molecule has 0 spiro atoms. The quantitative estimate of drug-likeness (QED) is 0.304. The number of benzene rings is 2. The minimum atomic E-state index is -0.335. The van der Waals surface area contributed by atoms with Crippen LogP contribution in [0.5, 0.6) is 0 Å². The molecule has 0 atom stereocenters. The summed E-state index contributed by atoms with van der Waals surface area (Å²) in [6.45, 7) is 11.8. The zero-order valence-corrected chi connectivity index (χ0v) is 26.2. The number of nitrogens with zero attached hydrogens (tertiary/aromatic N) is 6. The van der Waals surface area contributed by atoms with Gasteiger partial charge in [0, 0.05) is 63.5 Å². The summed E-state index contributed by atoms with van der Waals surface area (Å²) >= 11 is 0. The van der Waals surface area contributed by atoms with Crippen LogP contribution in [0.25, 0.3) is 22.3 Å². The molecule has 9 heteroatoms. The highest BCUT2D eigenvalue weighted by molar-refractivity contribution is 6.04. The van der Waals surface area contributed by atoms with Crippen molar-refractivity contribution < 1.29 is 4.79 Å². The maximum atomic E-state index is 13.7. The average Bonchev–Trinajstić information content (AvgIpc) is 3.03. The fourth-order valence-electron chi connectivity index (χ4n) is 5.98. The van der Waals surface area contributed by atoms with Gasteiger partial charge in [-0.25, -0.2) is 14.8 Å². The molecule has 228 valence electrons. The maximum Gasteiger partial charge on any atom is 0.323 e. The minimum Gasteiger partial charge on any atom is -0.354 e. The largest absolute Gasteiger partial charge is 0.354 e. The van der Waals surface area contributed by atoms with Crippen LogP contribution in [0, 0.1) is 13.8 Å². The van der Waals surface area contributed by atoms with Crippen LogP contribution in [0.4, 0.5) is 27.8 Å². The summed E-state index contributed by atoms with van der Waals surface area (Å²) in [5.41, 5.74) is 7.63. The predicted molar refractivity (Wildman–Crippen MR) is 181 cm³/mol. The van der Waals surface area contributed by atoms with Crippen LogP contribution >= 0.6 is 0 Å². The Labute approximate surface area is 260 Å². The SMILES string of the molecule is Cc1ccccc1-c1cc(N2CCN(C)CC2)ncc1NC(=O)Nc1cnc(N2CCN(C)CC2)cc1-c1ccccc1C. The number of piperazine rings is 2. The third kappa shape index (κ3) is 6.54. The first kappa shape index (κ1) is 29.6. The minimum absolute atomic E-state index is 0.335. The number of nitrogens with one attached hydrogen (secondary N) is 2. The predicted octanol–water partition coefficient (Wildman–Crippen LogP) is 5.58. The zero-order valence-electron chi connectivity index (χ0n) is 26.2. The summed E-state index contributed by atoms with van der Waals surface area (Å²) in [5.74, 6) is 1.85. The third-order valence-electron chi connectivity index (χ3n) is 8.80. The molecule has 2 N–H and O–H groups in total. The van der Waals surface area contributed by atoms with E-state index in [4.69, 9.17) is 9.97 Å². The third-order valence-corrected chi connectivity index (χ3v) is 8.80. The molecular formula is C35H42N8O. The Morgan fingerprint density at radius 2 is 0.977 bits per heavy atom. The van der Waals surface area contributed by atoms with Gasteiger partial charge < -0.3 is 30.2 Å². The Balaban J connectivity index is 1.30. The van der Waals surface area contributed by atoms with Crippen molar-refractivity contribution in [1.82, 2.24) is 19.8 Å². The van der Waals surface area contributed by atoms with Crippen LogP contribution in [-0.4, -0.2) is 92.3 Å². The highest BCUT2D eigenvalue weighted by Gasteiger charge is 2.21. The number of pyridine rings is 2. The second kappa shape index (κ2) is 13.0. The van der Waals surface area contributed by atoms with Gasteiger partial charge in [0.1, 0.15) is 11.6 Å². The summed E-state index contributed by atoms with van der Waals surface area (Å²) in [5, 5.41) is 6.23. The monoisotopic (exact) mass is 590 g/mol. The van der Waals surface area contributed by atoms with Gasteiger partial charge in [0.15, 0.2) is 0 Å². The van der Waals surface area contributed by atoms with Crippen LogP contribution < -0.4 is 20.4 Å². The molecule has 0 saturated carbocycles. The molecule has 0 aliphatic carbocycles. The molecule has 6 rings (SSSR count). The maximum absolute atomic E-state index is 13.7. The summed E-state index contributed by atoms with van der Waals surface area (Å²) in [6, 6.07) is 20.4. The van der Waals surface area contributed by atoms with Gasteiger partial charge in [0.05, 0.1) is 23.8 Å². The van der Waals surface area contributed by atoms with Crippen molar-refractivity contribution in [2.45, 2.75) is 13.8 Å². The molecule has 2 aliphatic rings. The zero-order chi connectivity index (χ0) is 30.6. The number of carbonyl (C=O) groups excluding carboxylic acids is 1. The van der Waals surface area contributed by atoms with Crippen molar-refractivity contribution in [2.75, 3.05) is 86.9 Å². The fraction of sp³-hybridized carbons (Fsp3) is 0.343. The number of likely N-dealkylation sites (N-methyl/N-ethyl adjacent to an activating group) is 2. The molecule has 9 nitrogen and oxygen atoms in total. The van der Waals surface area contributed by atoms with Gasteiger partial charge in [0.25, 0.3) is 0 Å². The Kier molecular flexibility index (Phi) is 8.77. The molecule has 2 amide bonds. The molecule has 2 aromatic carbocycles. The van der Waals surface area contributed by atoms with Crippen LogP contribution in [0.15, 0.2) is 73.1 Å². The molecule has 4 heterocycles. The molecule has 2 aromatic heterocycles. The van der Waals surface area contributed by atoms with Gasteiger partial charge in [-0.15, -0.1) is 0 Å². The first-order chi connectivity index (χ1) is 21.4. The van der Waals surface area contributed by atoms with E-state index >= 15 is 0 Å². The van der Waals surface area contributed by atoms with Crippen molar-refractivity contribution in [2.24, 2.45) is 0 Å². The van der Waals surface area contributed by atoms with Crippen molar-refractivity contribution in [3.8, 4) is 22.3 Å². The lowest BCUT2D eigenvalue weighted by molar-refractivity contribution is 0.262. The number of rotatable bonds is 6. The van der Waals surface area contributed by atoms with Gasteiger partial charge in [-0.05, 0) is 62.3 Å². The van der Waals surface area contributed by atoms with Crippen LogP contribution in [0.3, 0.4) is 0 Å². The first-order valence-corrected chi connectivity index (χ1v) is 15.4. The van der Waals surface area contributed by atoms with Crippen LogP contribution in [0.1, 0.15) is 11.1 Å². The van der Waals surface area contributed by atoms with E-state index in [2.05, 4.69) is 94.6 Å². The number of aryl methyl sites for hydroxylation is 2. The normalized spacial score (nSPS) is 16.2. The first-order valence-electron chi connectivity index (χ1n) is 15.4. The molecule has 0 radical (unpaired) electrons. The number of aromatic nitrogens is 2. The van der Waals surface area contributed by atoms with Crippen molar-refractivity contribution >= 4 is 29.0 Å². The lowest BCUT2D eigenvalue weighted by atomic mass is 9.99. The number of anilines is 4. The van der Waals surface area contributed by atoms with E-state index in [9.17, 15) is 4.79 Å². The van der Waals surface area contributed by atoms with Crippen molar-refractivity contribution in [3.63, 3.8) is 0 Å². The molecule has 44 heavy (non-hydrogen) atoms. The molecule has 2 saturated heterocycles. The summed E-state index contributed by atoms with van der Waals surface area (Å²) in [7, 11) is 4.30. The van der Waals surface area contributed by atoms with Gasteiger partial charge in [0.2, 0.25) is 0 Å². The highest BCUT2D eigenvalue weighted by Crippen LogP contribution is 2.35. The van der Waals surface area contributed by atoms with Crippen molar-refractivity contribution in [1.29, 1.82) is 0 Å². The van der Waals surface area contributed by atoms with E-state index in [0.29, 0.717) is 11.4 Å². The van der Waals surface area contributed by atoms with Gasteiger partial charge in [-0.3, -0.25) is 0 Å². The number of carbonyl (C=O) groups is 1. The van der Waals surface area contributed by atoms with E-state index in [1.807, 2.05) is 24.3 Å². The molecule has 4 aromatic rings. The Hall–Kier alpha value is -4.47. The fourth-order valence-corrected chi connectivity index (χ4v) is 5.98. The number of hydrogen-bond acceptors (Lipinski definition) is 7. The van der Waals surface area contributed by atoms with E-state index < -0.39 is 0 Å². The average molecular weight is 591 g/mol. The second-order valence-electron chi connectivity index (χ2n) is 12.0. The highest BCUT2D eigenvalue weighted by atomic mass is 16.2. The Morgan fingerprint density at radius 3 is 1.36 bits per heavy atom. The van der Waals surface area contributed by atoms with Crippen molar-refractivity contribution in [3.05, 3.63) is 84.2 Å². The lowest BCUT2D eigenvalue weighted by Crippen LogP contribution is -2.44. The van der Waals surface area contributed by atoms with E-state index in [-0.39, 0.29) is 6.03 Å². The van der Waals surface area contributed by atoms with E-state index in [1.165, 1.54) is 0 Å². The Bertz CT molecular complexity index is 1500. The van der Waals surface area contributed by atoms with Gasteiger partial charge >= 0.3 is 6.03 Å². The molecule has 2 fully saturated rings. The number of amides is 2. The van der Waals surface area contributed by atoms with Crippen LogP contribution in [0.2, 0.25) is 0 Å². The molecule has 0 unspecified atom stereocenters. The van der Waals surface area contributed by atoms with E-state index in [0.717, 1.165) is 97.4 Å². The summed E-state index contributed by atoms with van der Waals surface area (Å²) < 4.78 is 0. The van der Waals surface area contributed by atoms with Gasteiger partial charge in [-0.1, -0.05) is 48.5 Å². The number of hydrogen-bond donors (Lipinski definition) is 2. The van der Waals surface area contributed by atoms with Gasteiger partial charge in [-0.2, -0.15) is 0 Å². The van der Waals surface area contributed by atoms with Crippen LogP contribution in [-0.2, 0) is 0 Å².